The Morgan fingerprint density at radius 2 is 2.07 bits per heavy atom. The molecule has 7 heteroatoms. The minimum Gasteiger partial charge on any atom is -0.495 e. The Morgan fingerprint density at radius 3 is 2.47 bits per heavy atom. The van der Waals surface area contributed by atoms with E-state index in [9.17, 15) is 13.2 Å². The van der Waals surface area contributed by atoms with E-state index >= 15 is 0 Å². The van der Waals surface area contributed by atoms with Crippen molar-refractivity contribution in [1.82, 2.24) is 0 Å². The highest BCUT2D eigenvalue weighted by atomic mass is 35.7. The molecule has 0 bridgehead atoms. The lowest BCUT2D eigenvalue weighted by Crippen LogP contribution is -2.01. The highest BCUT2D eigenvalue weighted by molar-refractivity contribution is 8.13. The molecule has 0 atom stereocenters. The molecule has 0 saturated heterocycles. The van der Waals surface area contributed by atoms with Gasteiger partial charge in [-0.25, -0.2) is 13.2 Å². The van der Waals surface area contributed by atoms with Crippen molar-refractivity contribution in [2.45, 2.75) is 4.90 Å². The third kappa shape index (κ3) is 2.60. The van der Waals surface area contributed by atoms with Crippen LogP contribution in [-0.2, 0) is 9.05 Å². The van der Waals surface area contributed by atoms with Crippen LogP contribution in [0.25, 0.3) is 0 Å². The van der Waals surface area contributed by atoms with Crippen LogP contribution in [0.4, 0.5) is 0 Å². The predicted molar refractivity (Wildman–Crippen MR) is 53.0 cm³/mol. The van der Waals surface area contributed by atoms with Crippen LogP contribution in [-0.4, -0.2) is 26.6 Å². The highest BCUT2D eigenvalue weighted by Gasteiger charge is 2.18. The molecule has 82 valence electrons. The fourth-order valence-corrected chi connectivity index (χ4v) is 2.00. The van der Waals surface area contributed by atoms with Crippen LogP contribution >= 0.6 is 10.7 Å². The van der Waals surface area contributed by atoms with E-state index in [1.807, 2.05) is 0 Å². The van der Waals surface area contributed by atoms with Gasteiger partial charge in [0.05, 0.1) is 12.7 Å². The first-order valence-electron chi connectivity index (χ1n) is 3.72. The molecule has 0 aliphatic heterocycles. The Bertz CT molecular complexity index is 494. The molecule has 1 aromatic rings. The second-order valence-corrected chi connectivity index (χ2v) is 5.14. The zero-order valence-corrected chi connectivity index (χ0v) is 9.17. The number of carbonyl (C=O) groups is 1. The zero-order chi connectivity index (χ0) is 11.6. The number of rotatable bonds is 3. The molecule has 0 amide bonds. The maximum Gasteiger partial charge on any atom is 0.335 e. The van der Waals surface area contributed by atoms with E-state index in [4.69, 9.17) is 20.5 Å². The van der Waals surface area contributed by atoms with Crippen molar-refractivity contribution < 1.29 is 23.1 Å². The average molecular weight is 251 g/mol. The maximum absolute atomic E-state index is 11.0. The molecule has 0 fully saturated rings. The molecule has 0 aromatic heterocycles. The van der Waals surface area contributed by atoms with Crippen molar-refractivity contribution in [3.8, 4) is 5.75 Å². The molecular weight excluding hydrogens is 244 g/mol. The van der Waals surface area contributed by atoms with E-state index in [2.05, 4.69) is 0 Å². The Hall–Kier alpha value is -1.27. The van der Waals surface area contributed by atoms with E-state index in [-0.39, 0.29) is 16.2 Å². The average Bonchev–Trinajstić information content (AvgIpc) is 2.15. The van der Waals surface area contributed by atoms with Crippen LogP contribution in [0.3, 0.4) is 0 Å². The van der Waals surface area contributed by atoms with Gasteiger partial charge in [0.1, 0.15) is 10.6 Å². The number of carboxylic acid groups (broad SMARTS) is 1. The van der Waals surface area contributed by atoms with E-state index in [0.29, 0.717) is 0 Å². The van der Waals surface area contributed by atoms with Gasteiger partial charge in [-0.2, -0.15) is 0 Å². The third-order valence-electron chi connectivity index (χ3n) is 1.67. The van der Waals surface area contributed by atoms with Gasteiger partial charge in [-0.1, -0.05) is 0 Å². The van der Waals surface area contributed by atoms with E-state index in [1.54, 1.807) is 0 Å². The van der Waals surface area contributed by atoms with E-state index in [1.165, 1.54) is 7.11 Å². The number of hydrogen-bond donors (Lipinski definition) is 1. The summed E-state index contributed by atoms with van der Waals surface area (Å²) < 4.78 is 26.8. The number of aromatic carboxylic acids is 1. The van der Waals surface area contributed by atoms with Crippen LogP contribution in [0.5, 0.6) is 5.75 Å². The fourth-order valence-electron chi connectivity index (χ4n) is 1.00. The zero-order valence-electron chi connectivity index (χ0n) is 7.60. The number of methoxy groups -OCH3 is 1. The summed E-state index contributed by atoms with van der Waals surface area (Å²) in [5.74, 6) is -1.27. The van der Waals surface area contributed by atoms with Crippen molar-refractivity contribution >= 4 is 25.7 Å². The highest BCUT2D eigenvalue weighted by Crippen LogP contribution is 2.27. The Balaban J connectivity index is 3.40. The quantitative estimate of drug-likeness (QED) is 0.819. The largest absolute Gasteiger partial charge is 0.495 e. The van der Waals surface area contributed by atoms with Gasteiger partial charge in [-0.05, 0) is 18.2 Å². The van der Waals surface area contributed by atoms with Crippen molar-refractivity contribution in [3.05, 3.63) is 23.8 Å². The first kappa shape index (κ1) is 11.8. The molecule has 0 spiro atoms. The number of hydrogen-bond acceptors (Lipinski definition) is 4. The topological polar surface area (TPSA) is 80.7 Å². The number of halogens is 1. The van der Waals surface area contributed by atoms with Crippen LogP contribution in [0, 0.1) is 0 Å². The van der Waals surface area contributed by atoms with Gasteiger partial charge in [0.15, 0.2) is 0 Å². The lowest BCUT2D eigenvalue weighted by atomic mass is 10.2. The minimum atomic E-state index is -3.93. The van der Waals surface area contributed by atoms with Crippen molar-refractivity contribution in [3.63, 3.8) is 0 Å². The smallest absolute Gasteiger partial charge is 0.335 e. The monoisotopic (exact) mass is 250 g/mol. The molecule has 0 aliphatic rings. The molecule has 5 nitrogen and oxygen atoms in total. The van der Waals surface area contributed by atoms with Crippen molar-refractivity contribution in [2.75, 3.05) is 7.11 Å². The van der Waals surface area contributed by atoms with Gasteiger partial charge in [0.25, 0.3) is 9.05 Å². The molecule has 1 rings (SSSR count). The van der Waals surface area contributed by atoms with E-state index < -0.39 is 15.0 Å². The van der Waals surface area contributed by atoms with Crippen LogP contribution < -0.4 is 4.74 Å². The van der Waals surface area contributed by atoms with Gasteiger partial charge in [0.2, 0.25) is 0 Å². The van der Waals surface area contributed by atoms with E-state index in [0.717, 1.165) is 18.2 Å². The van der Waals surface area contributed by atoms with Gasteiger partial charge >= 0.3 is 5.97 Å². The summed E-state index contributed by atoms with van der Waals surface area (Å²) in [6.45, 7) is 0. The molecule has 15 heavy (non-hydrogen) atoms. The Labute approximate surface area is 90.7 Å². The molecule has 0 unspecified atom stereocenters. The first-order valence-corrected chi connectivity index (χ1v) is 6.03. The molecule has 0 saturated carbocycles. The lowest BCUT2D eigenvalue weighted by molar-refractivity contribution is 0.0696. The summed E-state index contributed by atoms with van der Waals surface area (Å²) in [4.78, 5) is 10.3. The van der Waals surface area contributed by atoms with Gasteiger partial charge < -0.3 is 9.84 Å². The maximum atomic E-state index is 11.0. The SMILES string of the molecule is COc1cc(C(=O)O)ccc1S(=O)(=O)Cl. The first-order chi connectivity index (χ1) is 6.86. The van der Waals surface area contributed by atoms with Crippen molar-refractivity contribution in [1.29, 1.82) is 0 Å². The summed E-state index contributed by atoms with van der Waals surface area (Å²) in [5.41, 5.74) is -0.0732. The molecular formula is C8H7ClO5S. The summed E-state index contributed by atoms with van der Waals surface area (Å²) in [7, 11) is 2.41. The van der Waals surface area contributed by atoms with Gasteiger partial charge in [0, 0.05) is 10.7 Å². The minimum absolute atomic E-state index is 0.0732. The second-order valence-electron chi connectivity index (χ2n) is 2.61. The summed E-state index contributed by atoms with van der Waals surface area (Å²) in [6.07, 6.45) is 0. The van der Waals surface area contributed by atoms with Crippen molar-refractivity contribution in [2.24, 2.45) is 0 Å². The Kier molecular flexibility index (Phi) is 3.21. The second kappa shape index (κ2) is 4.08. The normalized spacial score (nSPS) is 11.1. The Morgan fingerprint density at radius 1 is 1.47 bits per heavy atom. The predicted octanol–water partition coefficient (Wildman–Crippen LogP) is 1.32. The van der Waals surface area contributed by atoms with Gasteiger partial charge in [-0.15, -0.1) is 0 Å². The fraction of sp³-hybridized carbons (Fsp3) is 0.125. The lowest BCUT2D eigenvalue weighted by Gasteiger charge is -2.05. The number of carboxylic acids is 1. The third-order valence-corrected chi connectivity index (χ3v) is 3.03. The standard InChI is InChI=1S/C8H7ClO5S/c1-14-6-4-5(8(10)11)2-3-7(6)15(9,12)13/h2-4H,1H3,(H,10,11). The summed E-state index contributed by atoms with van der Waals surface area (Å²) >= 11 is 0. The van der Waals surface area contributed by atoms with Gasteiger partial charge in [-0.3, -0.25) is 0 Å². The van der Waals surface area contributed by atoms with Crippen LogP contribution in [0.1, 0.15) is 10.4 Å². The van der Waals surface area contributed by atoms with Crippen LogP contribution in [0.2, 0.25) is 0 Å². The molecule has 1 N–H and O–H groups in total. The summed E-state index contributed by atoms with van der Waals surface area (Å²) in [5, 5.41) is 8.66. The number of benzene rings is 1. The van der Waals surface area contributed by atoms with Crippen LogP contribution in [0.15, 0.2) is 23.1 Å². The molecule has 0 aliphatic carbocycles. The summed E-state index contributed by atoms with van der Waals surface area (Å²) in [6, 6.07) is 3.32. The number of ether oxygens (including phenoxy) is 1. The molecule has 1 aromatic carbocycles. The molecule has 0 radical (unpaired) electrons. The molecule has 0 heterocycles.